The van der Waals surface area contributed by atoms with E-state index in [0.717, 1.165) is 29.5 Å². The molecule has 10 heteroatoms. The second-order valence-corrected chi connectivity index (χ2v) is 6.76. The largest absolute Gasteiger partial charge is 0.482 e. The minimum Gasteiger partial charge on any atom is -0.482 e. The molecular weight excluding hydrogens is 407 g/mol. The molecule has 0 radical (unpaired) electrons. The van der Waals surface area contributed by atoms with Crippen LogP contribution in [-0.4, -0.2) is 24.3 Å². The summed E-state index contributed by atoms with van der Waals surface area (Å²) in [7, 11) is 1.22. The van der Waals surface area contributed by atoms with Gasteiger partial charge in [-0.3, -0.25) is 9.36 Å². The highest BCUT2D eigenvalue weighted by atomic mass is 35.5. The predicted octanol–water partition coefficient (Wildman–Crippen LogP) is 4.28. The Morgan fingerprint density at radius 3 is 2.59 bits per heavy atom. The third kappa shape index (κ3) is 3.93. The Hall–Kier alpha value is -2.52. The third-order valence-electron chi connectivity index (χ3n) is 3.65. The van der Waals surface area contributed by atoms with E-state index in [0.29, 0.717) is 16.0 Å². The van der Waals surface area contributed by atoms with Gasteiger partial charge in [0.1, 0.15) is 5.75 Å². The summed E-state index contributed by atoms with van der Waals surface area (Å²) in [6.07, 6.45) is -4.54. The fourth-order valence-electron chi connectivity index (χ4n) is 2.38. The highest BCUT2D eigenvalue weighted by molar-refractivity contribution is 7.16. The normalized spacial score (nSPS) is 11.6. The number of methoxy groups -OCH3 is 1. The molecule has 0 unspecified atom stereocenters. The number of halogens is 4. The number of carbonyl (C=O) groups excluding carboxylic acids is 1. The van der Waals surface area contributed by atoms with Crippen LogP contribution in [0.5, 0.6) is 5.75 Å². The van der Waals surface area contributed by atoms with Crippen LogP contribution in [0.25, 0.3) is 15.9 Å². The molecule has 0 saturated carbocycles. The predicted molar refractivity (Wildman–Crippen MR) is 94.9 cm³/mol. The summed E-state index contributed by atoms with van der Waals surface area (Å²) in [4.78, 5) is 23.2. The lowest BCUT2D eigenvalue weighted by Crippen LogP contribution is -2.13. The molecule has 0 amide bonds. The standard InChI is InChI=1S/C17H11ClF3NO4S/c1-25-15(23)8-26-10-3-5-14-13(7-10)22(16(24)27-14)12-4-2-9(6-11(12)18)17(19,20)21/h2-7H,8H2,1H3. The molecule has 0 bridgehead atoms. The zero-order valence-electron chi connectivity index (χ0n) is 13.7. The second-order valence-electron chi connectivity index (χ2n) is 5.36. The minimum atomic E-state index is -4.54. The van der Waals surface area contributed by atoms with Crippen molar-refractivity contribution in [3.63, 3.8) is 0 Å². The quantitative estimate of drug-likeness (QED) is 0.595. The zero-order chi connectivity index (χ0) is 19.8. The molecule has 27 heavy (non-hydrogen) atoms. The molecule has 0 atom stereocenters. The fraction of sp³-hybridized carbons (Fsp3) is 0.176. The summed E-state index contributed by atoms with van der Waals surface area (Å²) in [5.41, 5.74) is -0.397. The van der Waals surface area contributed by atoms with E-state index < -0.39 is 22.6 Å². The molecule has 0 saturated heterocycles. The highest BCUT2D eigenvalue weighted by Gasteiger charge is 2.31. The van der Waals surface area contributed by atoms with Crippen LogP contribution in [0.15, 0.2) is 41.2 Å². The smallest absolute Gasteiger partial charge is 0.416 e. The zero-order valence-corrected chi connectivity index (χ0v) is 15.2. The maximum absolute atomic E-state index is 12.8. The summed E-state index contributed by atoms with van der Waals surface area (Å²) >= 11 is 6.92. The molecule has 0 aliphatic rings. The monoisotopic (exact) mass is 417 g/mol. The number of esters is 1. The van der Waals surface area contributed by atoms with Gasteiger partial charge in [0.25, 0.3) is 0 Å². The number of alkyl halides is 3. The van der Waals surface area contributed by atoms with Gasteiger partial charge in [0.15, 0.2) is 6.61 Å². The molecule has 0 fully saturated rings. The Kier molecular flexibility index (Phi) is 5.16. The van der Waals surface area contributed by atoms with E-state index in [1.807, 2.05) is 0 Å². The molecule has 142 valence electrons. The minimum absolute atomic E-state index is 0.117. The van der Waals surface area contributed by atoms with E-state index in [2.05, 4.69) is 4.74 Å². The Bertz CT molecular complexity index is 1070. The Morgan fingerprint density at radius 2 is 1.96 bits per heavy atom. The van der Waals surface area contributed by atoms with Crippen molar-refractivity contribution in [2.45, 2.75) is 6.18 Å². The first-order valence-electron chi connectivity index (χ1n) is 7.43. The van der Waals surface area contributed by atoms with Crippen molar-refractivity contribution in [1.82, 2.24) is 4.57 Å². The number of rotatable bonds is 4. The Balaban J connectivity index is 2.07. The summed E-state index contributed by atoms with van der Waals surface area (Å²) in [6, 6.07) is 7.45. The van der Waals surface area contributed by atoms with Gasteiger partial charge < -0.3 is 9.47 Å². The maximum atomic E-state index is 12.8. The van der Waals surface area contributed by atoms with E-state index >= 15 is 0 Å². The number of nitrogens with zero attached hydrogens (tertiary/aromatic N) is 1. The van der Waals surface area contributed by atoms with Crippen LogP contribution in [0.4, 0.5) is 13.2 Å². The van der Waals surface area contributed by atoms with Gasteiger partial charge in [0, 0.05) is 6.07 Å². The van der Waals surface area contributed by atoms with E-state index in [1.165, 1.54) is 17.7 Å². The van der Waals surface area contributed by atoms with E-state index in [9.17, 15) is 22.8 Å². The molecule has 0 aliphatic carbocycles. The molecule has 0 N–H and O–H groups in total. The van der Waals surface area contributed by atoms with Crippen LogP contribution in [0.1, 0.15) is 5.56 Å². The molecule has 2 aromatic carbocycles. The van der Waals surface area contributed by atoms with Gasteiger partial charge in [-0.05, 0) is 30.3 Å². The van der Waals surface area contributed by atoms with Crippen molar-refractivity contribution in [2.75, 3.05) is 13.7 Å². The van der Waals surface area contributed by atoms with E-state index in [1.54, 1.807) is 12.1 Å². The van der Waals surface area contributed by atoms with Crippen LogP contribution in [0.2, 0.25) is 5.02 Å². The van der Waals surface area contributed by atoms with Crippen LogP contribution < -0.4 is 9.61 Å². The van der Waals surface area contributed by atoms with Crippen LogP contribution >= 0.6 is 22.9 Å². The van der Waals surface area contributed by atoms with Gasteiger partial charge in [0.2, 0.25) is 0 Å². The summed E-state index contributed by atoms with van der Waals surface area (Å²) < 4.78 is 50.0. The molecule has 3 rings (SSSR count). The van der Waals surface area contributed by atoms with E-state index in [-0.39, 0.29) is 17.3 Å². The van der Waals surface area contributed by atoms with Gasteiger partial charge >= 0.3 is 17.0 Å². The van der Waals surface area contributed by atoms with Gasteiger partial charge in [0.05, 0.1) is 33.6 Å². The first-order chi connectivity index (χ1) is 12.7. The van der Waals surface area contributed by atoms with Gasteiger partial charge in [-0.15, -0.1) is 0 Å². The highest BCUT2D eigenvalue weighted by Crippen LogP contribution is 2.34. The molecule has 0 spiro atoms. The summed E-state index contributed by atoms with van der Waals surface area (Å²) in [6.45, 7) is -0.322. The Labute approximate surface area is 159 Å². The van der Waals surface area contributed by atoms with Crippen molar-refractivity contribution < 1.29 is 27.4 Å². The average Bonchev–Trinajstić information content (AvgIpc) is 2.93. The number of fused-ring (bicyclic) bond motifs is 1. The van der Waals surface area contributed by atoms with Gasteiger partial charge in [-0.2, -0.15) is 13.2 Å². The summed E-state index contributed by atoms with van der Waals surface area (Å²) in [5.74, 6) is -0.286. The lowest BCUT2D eigenvalue weighted by atomic mass is 10.2. The number of thiazole rings is 1. The fourth-order valence-corrected chi connectivity index (χ4v) is 3.51. The van der Waals surface area contributed by atoms with Crippen LogP contribution in [0, 0.1) is 0 Å². The lowest BCUT2D eigenvalue weighted by Gasteiger charge is -2.11. The lowest BCUT2D eigenvalue weighted by molar-refractivity contribution is -0.143. The number of ether oxygens (including phenoxy) is 2. The number of carbonyl (C=O) groups is 1. The van der Waals surface area contributed by atoms with Crippen molar-refractivity contribution in [3.8, 4) is 11.4 Å². The van der Waals surface area contributed by atoms with E-state index in [4.69, 9.17) is 16.3 Å². The maximum Gasteiger partial charge on any atom is 0.416 e. The second kappa shape index (κ2) is 7.24. The number of benzene rings is 2. The first-order valence-corrected chi connectivity index (χ1v) is 8.62. The summed E-state index contributed by atoms with van der Waals surface area (Å²) in [5, 5.41) is -0.215. The number of hydrogen-bond donors (Lipinski definition) is 0. The molecule has 1 aromatic heterocycles. The van der Waals surface area contributed by atoms with Crippen molar-refractivity contribution >= 4 is 39.1 Å². The van der Waals surface area contributed by atoms with Gasteiger partial charge in [-0.25, -0.2) is 4.79 Å². The molecule has 0 aliphatic heterocycles. The van der Waals surface area contributed by atoms with Crippen molar-refractivity contribution in [2.24, 2.45) is 0 Å². The number of hydrogen-bond acceptors (Lipinski definition) is 5. The number of aromatic nitrogens is 1. The topological polar surface area (TPSA) is 57.5 Å². The molecular formula is C17H11ClF3NO4S. The van der Waals surface area contributed by atoms with Crippen molar-refractivity contribution in [1.29, 1.82) is 0 Å². The molecule has 3 aromatic rings. The molecule has 5 nitrogen and oxygen atoms in total. The van der Waals surface area contributed by atoms with Crippen molar-refractivity contribution in [3.05, 3.63) is 56.7 Å². The first kappa shape index (κ1) is 19.2. The van der Waals surface area contributed by atoms with Crippen LogP contribution in [-0.2, 0) is 15.7 Å². The average molecular weight is 418 g/mol. The SMILES string of the molecule is COC(=O)COc1ccc2sc(=O)n(-c3ccc(C(F)(F)F)cc3Cl)c2c1. The third-order valence-corrected chi connectivity index (χ3v) is 4.88. The van der Waals surface area contributed by atoms with Crippen LogP contribution in [0.3, 0.4) is 0 Å². The van der Waals surface area contributed by atoms with Gasteiger partial charge in [-0.1, -0.05) is 22.9 Å². The molecule has 1 heterocycles. The Morgan fingerprint density at radius 1 is 1.22 bits per heavy atom.